The van der Waals surface area contributed by atoms with Crippen molar-refractivity contribution in [1.82, 2.24) is 0 Å². The lowest BCUT2D eigenvalue weighted by Gasteiger charge is -2.14. The maximum Gasteiger partial charge on any atom is 0.311 e. The molecule has 1 aromatic carbocycles. The first-order valence-electron chi connectivity index (χ1n) is 6.75. The van der Waals surface area contributed by atoms with Crippen LogP contribution in [0.15, 0.2) is 30.3 Å². The third kappa shape index (κ3) is 3.72. The van der Waals surface area contributed by atoms with Crippen LogP contribution in [0.25, 0.3) is 0 Å². The van der Waals surface area contributed by atoms with Crippen molar-refractivity contribution >= 4 is 22.7 Å². The van der Waals surface area contributed by atoms with Crippen molar-refractivity contribution in [3.8, 4) is 5.75 Å². The fourth-order valence-corrected chi connectivity index (χ4v) is 2.91. The maximum absolute atomic E-state index is 11.0. The Kier molecular flexibility index (Phi) is 4.80. The molecule has 0 spiro atoms. The SMILES string of the molecule is CCOc1cc(NC(C)c2ccc(C)s2)ccc1[N+](=O)[O-]. The van der Waals surface area contributed by atoms with Crippen molar-refractivity contribution in [3.05, 3.63) is 50.2 Å². The first kappa shape index (κ1) is 15.3. The van der Waals surface area contributed by atoms with E-state index in [-0.39, 0.29) is 11.7 Å². The smallest absolute Gasteiger partial charge is 0.311 e. The highest BCUT2D eigenvalue weighted by Gasteiger charge is 2.16. The number of ether oxygens (including phenoxy) is 1. The zero-order chi connectivity index (χ0) is 15.4. The van der Waals surface area contributed by atoms with Crippen molar-refractivity contribution in [3.63, 3.8) is 0 Å². The molecule has 5 nitrogen and oxygen atoms in total. The van der Waals surface area contributed by atoms with Gasteiger partial charge in [0.1, 0.15) is 0 Å². The molecule has 1 aromatic heterocycles. The van der Waals surface area contributed by atoms with E-state index in [0.29, 0.717) is 12.4 Å². The summed E-state index contributed by atoms with van der Waals surface area (Å²) < 4.78 is 5.35. The van der Waals surface area contributed by atoms with Gasteiger partial charge in [0, 0.05) is 27.6 Å². The summed E-state index contributed by atoms with van der Waals surface area (Å²) in [6, 6.07) is 9.17. The third-order valence-electron chi connectivity index (χ3n) is 3.03. The summed E-state index contributed by atoms with van der Waals surface area (Å²) in [5.41, 5.74) is 0.796. The number of hydrogen-bond donors (Lipinski definition) is 1. The van der Waals surface area contributed by atoms with Gasteiger partial charge in [0.2, 0.25) is 0 Å². The van der Waals surface area contributed by atoms with Gasteiger partial charge in [-0.05, 0) is 39.0 Å². The molecule has 2 rings (SSSR count). The van der Waals surface area contributed by atoms with Gasteiger partial charge in [-0.25, -0.2) is 0 Å². The molecule has 2 aromatic rings. The highest BCUT2D eigenvalue weighted by atomic mass is 32.1. The van der Waals surface area contributed by atoms with Crippen LogP contribution in [0.1, 0.15) is 29.6 Å². The average Bonchev–Trinajstić information content (AvgIpc) is 2.86. The number of nitro groups is 1. The van der Waals surface area contributed by atoms with Gasteiger partial charge in [-0.15, -0.1) is 11.3 Å². The number of benzene rings is 1. The van der Waals surface area contributed by atoms with E-state index in [0.717, 1.165) is 5.69 Å². The Morgan fingerprint density at radius 3 is 2.71 bits per heavy atom. The van der Waals surface area contributed by atoms with Crippen LogP contribution in [0.2, 0.25) is 0 Å². The molecule has 0 saturated heterocycles. The summed E-state index contributed by atoms with van der Waals surface area (Å²) in [7, 11) is 0. The van der Waals surface area contributed by atoms with Gasteiger partial charge in [-0.3, -0.25) is 10.1 Å². The predicted molar refractivity (Wildman–Crippen MR) is 85.4 cm³/mol. The van der Waals surface area contributed by atoms with Crippen molar-refractivity contribution in [2.75, 3.05) is 11.9 Å². The van der Waals surface area contributed by atoms with Crippen LogP contribution < -0.4 is 10.1 Å². The highest BCUT2D eigenvalue weighted by Crippen LogP contribution is 2.32. The Balaban J connectivity index is 2.20. The van der Waals surface area contributed by atoms with Gasteiger partial charge >= 0.3 is 5.69 Å². The van der Waals surface area contributed by atoms with E-state index in [1.807, 2.05) is 0 Å². The molecule has 21 heavy (non-hydrogen) atoms. The molecule has 112 valence electrons. The van der Waals surface area contributed by atoms with E-state index in [1.165, 1.54) is 15.8 Å². The van der Waals surface area contributed by atoms with E-state index >= 15 is 0 Å². The molecule has 1 N–H and O–H groups in total. The highest BCUT2D eigenvalue weighted by molar-refractivity contribution is 7.12. The molecule has 0 aliphatic heterocycles. The van der Waals surface area contributed by atoms with Crippen LogP contribution in [0.5, 0.6) is 5.75 Å². The Labute approximate surface area is 127 Å². The molecule has 0 aliphatic rings. The summed E-state index contributed by atoms with van der Waals surface area (Å²) in [6.45, 7) is 6.33. The van der Waals surface area contributed by atoms with Gasteiger partial charge < -0.3 is 10.1 Å². The summed E-state index contributed by atoms with van der Waals surface area (Å²) in [4.78, 5) is 13.0. The molecule has 1 atom stereocenters. The number of nitrogens with zero attached hydrogens (tertiary/aromatic N) is 1. The molecular formula is C15H18N2O3S. The standard InChI is InChI=1S/C15H18N2O3S/c1-4-20-14-9-12(6-7-13(14)17(18)19)16-11(3)15-8-5-10(2)21-15/h5-9,11,16H,4H2,1-3H3. The van der Waals surface area contributed by atoms with Gasteiger partial charge in [0.25, 0.3) is 0 Å². The minimum atomic E-state index is -0.430. The minimum Gasteiger partial charge on any atom is -0.487 e. The first-order valence-corrected chi connectivity index (χ1v) is 7.57. The second-order valence-electron chi connectivity index (χ2n) is 4.69. The summed E-state index contributed by atoms with van der Waals surface area (Å²) in [6.07, 6.45) is 0. The number of nitro benzene ring substituents is 1. The van der Waals surface area contributed by atoms with Gasteiger partial charge in [-0.1, -0.05) is 0 Å². The molecule has 6 heteroatoms. The largest absolute Gasteiger partial charge is 0.487 e. The van der Waals surface area contributed by atoms with Crippen LogP contribution in [0, 0.1) is 17.0 Å². The lowest BCUT2D eigenvalue weighted by atomic mass is 10.2. The number of hydrogen-bond acceptors (Lipinski definition) is 5. The number of rotatable bonds is 6. The Bertz CT molecular complexity index is 640. The van der Waals surface area contributed by atoms with Crippen LogP contribution >= 0.6 is 11.3 Å². The average molecular weight is 306 g/mol. The normalized spacial score (nSPS) is 12.0. The number of anilines is 1. The topological polar surface area (TPSA) is 64.4 Å². The Morgan fingerprint density at radius 2 is 2.14 bits per heavy atom. The minimum absolute atomic E-state index is 0.0120. The van der Waals surface area contributed by atoms with E-state index in [2.05, 4.69) is 31.3 Å². The van der Waals surface area contributed by atoms with Crippen molar-refractivity contribution in [2.45, 2.75) is 26.8 Å². The quantitative estimate of drug-likeness (QED) is 0.628. The van der Waals surface area contributed by atoms with Gasteiger partial charge in [0.15, 0.2) is 5.75 Å². The lowest BCUT2D eigenvalue weighted by molar-refractivity contribution is -0.385. The second kappa shape index (κ2) is 6.58. The Hall–Kier alpha value is -2.08. The summed E-state index contributed by atoms with van der Waals surface area (Å²) >= 11 is 1.74. The second-order valence-corrected chi connectivity index (χ2v) is 6.01. The lowest BCUT2D eigenvalue weighted by Crippen LogP contribution is -2.05. The number of thiophene rings is 1. The van der Waals surface area contributed by atoms with E-state index in [1.54, 1.807) is 30.4 Å². The van der Waals surface area contributed by atoms with E-state index in [9.17, 15) is 10.1 Å². The van der Waals surface area contributed by atoms with Crippen LogP contribution in [-0.2, 0) is 0 Å². The molecular weight excluding hydrogens is 288 g/mol. The van der Waals surface area contributed by atoms with Gasteiger partial charge in [-0.2, -0.15) is 0 Å². The molecule has 1 heterocycles. The number of nitrogens with one attached hydrogen (secondary N) is 1. The van der Waals surface area contributed by atoms with Gasteiger partial charge in [0.05, 0.1) is 17.6 Å². The fourth-order valence-electron chi connectivity index (χ4n) is 2.03. The molecule has 0 aliphatic carbocycles. The first-order chi connectivity index (χ1) is 10.0. The van der Waals surface area contributed by atoms with Crippen molar-refractivity contribution in [2.24, 2.45) is 0 Å². The molecule has 0 fully saturated rings. The summed E-state index contributed by atoms with van der Waals surface area (Å²) in [5.74, 6) is 0.294. The zero-order valence-corrected chi connectivity index (χ0v) is 13.1. The molecule has 1 unspecified atom stereocenters. The summed E-state index contributed by atoms with van der Waals surface area (Å²) in [5, 5.41) is 14.3. The van der Waals surface area contributed by atoms with Crippen molar-refractivity contribution in [1.29, 1.82) is 0 Å². The zero-order valence-electron chi connectivity index (χ0n) is 12.3. The molecule has 0 bridgehead atoms. The fraction of sp³-hybridized carbons (Fsp3) is 0.333. The van der Waals surface area contributed by atoms with Crippen molar-refractivity contribution < 1.29 is 9.66 Å². The molecule has 0 saturated carbocycles. The number of aryl methyl sites for hydroxylation is 1. The Morgan fingerprint density at radius 1 is 1.38 bits per heavy atom. The van der Waals surface area contributed by atoms with Crippen LogP contribution in [0.4, 0.5) is 11.4 Å². The predicted octanol–water partition coefficient (Wildman–Crippen LogP) is 4.54. The molecule has 0 amide bonds. The van der Waals surface area contributed by atoms with Crippen LogP contribution in [-0.4, -0.2) is 11.5 Å². The van der Waals surface area contributed by atoms with E-state index < -0.39 is 4.92 Å². The molecule has 0 radical (unpaired) electrons. The van der Waals surface area contributed by atoms with Crippen LogP contribution in [0.3, 0.4) is 0 Å². The van der Waals surface area contributed by atoms with E-state index in [4.69, 9.17) is 4.74 Å². The monoisotopic (exact) mass is 306 g/mol. The third-order valence-corrected chi connectivity index (χ3v) is 4.21. The maximum atomic E-state index is 11.0.